The molecule has 1 nitrogen and oxygen atoms in total. The van der Waals surface area contributed by atoms with Gasteiger partial charge in [-0.15, -0.1) is 0 Å². The van der Waals surface area contributed by atoms with E-state index in [1.807, 2.05) is 0 Å². The molecular weight excluding hydrogens is 129 g/mol. The largest absolute Gasteiger partial charge is 1.00 e. The number of anilines is 1. The SMILES string of the molecule is Cc1cccc(N(C)C)c1.[H-].[Li+]. The van der Waals surface area contributed by atoms with Gasteiger partial charge in [-0.25, -0.2) is 0 Å². The van der Waals surface area contributed by atoms with Gasteiger partial charge in [0.1, 0.15) is 0 Å². The van der Waals surface area contributed by atoms with Gasteiger partial charge >= 0.3 is 18.9 Å². The Morgan fingerprint density at radius 3 is 2.27 bits per heavy atom. The van der Waals surface area contributed by atoms with Crippen LogP contribution in [-0.4, -0.2) is 14.1 Å². The van der Waals surface area contributed by atoms with Gasteiger partial charge in [-0.05, 0) is 24.6 Å². The number of aryl methyl sites for hydroxylation is 1. The van der Waals surface area contributed by atoms with E-state index < -0.39 is 0 Å². The van der Waals surface area contributed by atoms with Crippen LogP contribution in [0.1, 0.15) is 6.99 Å². The maximum Gasteiger partial charge on any atom is 1.00 e. The van der Waals surface area contributed by atoms with Crippen LogP contribution in [-0.2, 0) is 0 Å². The van der Waals surface area contributed by atoms with Crippen LogP contribution in [0.3, 0.4) is 0 Å². The smallest absolute Gasteiger partial charge is 1.00 e. The van der Waals surface area contributed by atoms with Crippen LogP contribution < -0.4 is 23.8 Å². The topological polar surface area (TPSA) is 3.24 Å². The molecule has 1 rings (SSSR count). The van der Waals surface area contributed by atoms with Gasteiger partial charge < -0.3 is 6.33 Å². The quantitative estimate of drug-likeness (QED) is 0.464. The Balaban J connectivity index is 0. The third-order valence-electron chi connectivity index (χ3n) is 1.52. The van der Waals surface area contributed by atoms with Crippen molar-refractivity contribution in [1.82, 2.24) is 0 Å². The van der Waals surface area contributed by atoms with Gasteiger partial charge in [-0.1, -0.05) is 12.1 Å². The predicted octanol–water partition coefficient (Wildman–Crippen LogP) is -0.822. The molecule has 0 unspecified atom stereocenters. The summed E-state index contributed by atoms with van der Waals surface area (Å²) in [4.78, 5) is 2.10. The molecule has 0 aliphatic heterocycles. The van der Waals surface area contributed by atoms with Crippen molar-refractivity contribution in [3.05, 3.63) is 29.8 Å². The molecule has 0 spiro atoms. The Labute approximate surface area is 82.1 Å². The van der Waals surface area contributed by atoms with Gasteiger partial charge in [0.05, 0.1) is 0 Å². The van der Waals surface area contributed by atoms with Gasteiger partial charge in [0.2, 0.25) is 0 Å². The fourth-order valence-electron chi connectivity index (χ4n) is 0.906. The van der Waals surface area contributed by atoms with Crippen LogP contribution in [0.5, 0.6) is 0 Å². The maximum absolute atomic E-state index is 2.17. The van der Waals surface area contributed by atoms with Crippen molar-refractivity contribution >= 4 is 5.69 Å². The number of rotatable bonds is 1. The molecule has 0 atom stereocenters. The molecule has 0 bridgehead atoms. The summed E-state index contributed by atoms with van der Waals surface area (Å²) in [5.74, 6) is 0. The third-order valence-corrected chi connectivity index (χ3v) is 1.52. The summed E-state index contributed by atoms with van der Waals surface area (Å²) in [5.41, 5.74) is 2.58. The van der Waals surface area contributed by atoms with Crippen molar-refractivity contribution in [3.63, 3.8) is 0 Å². The number of benzene rings is 1. The average molecular weight is 143 g/mol. The molecule has 11 heavy (non-hydrogen) atoms. The molecule has 0 N–H and O–H groups in total. The first kappa shape index (κ1) is 10.6. The van der Waals surface area contributed by atoms with E-state index in [0.717, 1.165) is 0 Å². The molecular formula is C9H14LiN. The molecule has 0 amide bonds. The normalized spacial score (nSPS) is 8.64. The van der Waals surface area contributed by atoms with Crippen LogP contribution in [0.4, 0.5) is 5.69 Å². The van der Waals surface area contributed by atoms with Gasteiger partial charge in [-0.2, -0.15) is 0 Å². The first-order valence-corrected chi connectivity index (χ1v) is 3.44. The molecule has 0 aliphatic carbocycles. The molecule has 0 aromatic heterocycles. The van der Waals surface area contributed by atoms with Crippen molar-refractivity contribution in [2.75, 3.05) is 19.0 Å². The van der Waals surface area contributed by atoms with Crippen molar-refractivity contribution in [3.8, 4) is 0 Å². The van der Waals surface area contributed by atoms with Crippen LogP contribution >= 0.6 is 0 Å². The number of hydrogen-bond donors (Lipinski definition) is 0. The second-order valence-corrected chi connectivity index (χ2v) is 2.73. The van der Waals surface area contributed by atoms with Crippen LogP contribution in [0.25, 0.3) is 0 Å². The third kappa shape index (κ3) is 3.01. The van der Waals surface area contributed by atoms with E-state index >= 15 is 0 Å². The fraction of sp³-hybridized carbons (Fsp3) is 0.333. The Morgan fingerprint density at radius 1 is 1.27 bits per heavy atom. The molecule has 1 aromatic carbocycles. The summed E-state index contributed by atoms with van der Waals surface area (Å²) in [6.45, 7) is 2.10. The molecule has 0 fully saturated rings. The Hall–Kier alpha value is -0.383. The monoisotopic (exact) mass is 143 g/mol. The molecule has 0 radical (unpaired) electrons. The summed E-state index contributed by atoms with van der Waals surface area (Å²) in [6, 6.07) is 8.45. The van der Waals surface area contributed by atoms with E-state index in [1.165, 1.54) is 11.3 Å². The minimum Gasteiger partial charge on any atom is -1.00 e. The van der Waals surface area contributed by atoms with E-state index in [0.29, 0.717) is 0 Å². The summed E-state index contributed by atoms with van der Waals surface area (Å²) >= 11 is 0. The summed E-state index contributed by atoms with van der Waals surface area (Å²) in [7, 11) is 4.10. The molecule has 0 saturated heterocycles. The van der Waals surface area contributed by atoms with E-state index in [1.54, 1.807) is 0 Å². The maximum atomic E-state index is 2.17. The van der Waals surface area contributed by atoms with Gasteiger partial charge in [0.15, 0.2) is 0 Å². The number of nitrogens with zero attached hydrogens (tertiary/aromatic N) is 1. The molecule has 2 heteroatoms. The van der Waals surface area contributed by atoms with Crippen molar-refractivity contribution in [2.45, 2.75) is 6.92 Å². The second-order valence-electron chi connectivity index (χ2n) is 2.73. The zero-order valence-corrected chi connectivity index (χ0v) is 7.76. The van der Waals surface area contributed by atoms with Crippen LogP contribution in [0.15, 0.2) is 24.3 Å². The average Bonchev–Trinajstić information content (AvgIpc) is 1.88. The van der Waals surface area contributed by atoms with E-state index in [2.05, 4.69) is 50.2 Å². The first-order chi connectivity index (χ1) is 4.70. The van der Waals surface area contributed by atoms with E-state index in [-0.39, 0.29) is 20.3 Å². The molecule has 0 heterocycles. The molecule has 0 aliphatic rings. The molecule has 1 aromatic rings. The van der Waals surface area contributed by atoms with Gasteiger partial charge in [0.25, 0.3) is 0 Å². The van der Waals surface area contributed by atoms with Crippen LogP contribution in [0.2, 0.25) is 0 Å². The van der Waals surface area contributed by atoms with Gasteiger partial charge in [0, 0.05) is 19.8 Å². The van der Waals surface area contributed by atoms with Gasteiger partial charge in [-0.3, -0.25) is 0 Å². The Bertz CT molecular complexity index is 226. The molecule has 0 saturated carbocycles. The first-order valence-electron chi connectivity index (χ1n) is 3.44. The standard InChI is InChI=1S/C9H13N.Li.H/c1-8-5-4-6-9(7-8)10(2)3;;/h4-7H,1-3H3;;/q;+1;-1. The minimum atomic E-state index is 0. The number of hydrogen-bond acceptors (Lipinski definition) is 1. The van der Waals surface area contributed by atoms with Crippen LogP contribution in [0, 0.1) is 6.92 Å². The fourth-order valence-corrected chi connectivity index (χ4v) is 0.906. The Kier molecular flexibility index (Phi) is 4.33. The summed E-state index contributed by atoms with van der Waals surface area (Å²) in [5, 5.41) is 0. The summed E-state index contributed by atoms with van der Waals surface area (Å²) < 4.78 is 0. The van der Waals surface area contributed by atoms with E-state index in [4.69, 9.17) is 0 Å². The zero-order chi connectivity index (χ0) is 7.56. The van der Waals surface area contributed by atoms with Crippen molar-refractivity contribution in [2.24, 2.45) is 0 Å². The van der Waals surface area contributed by atoms with Crippen molar-refractivity contribution in [1.29, 1.82) is 0 Å². The second kappa shape index (κ2) is 4.49. The molecule has 56 valence electrons. The zero-order valence-electron chi connectivity index (χ0n) is 8.76. The van der Waals surface area contributed by atoms with Crippen molar-refractivity contribution < 1.29 is 20.3 Å². The summed E-state index contributed by atoms with van der Waals surface area (Å²) in [6.07, 6.45) is 0. The minimum absolute atomic E-state index is 0. The van der Waals surface area contributed by atoms with E-state index in [9.17, 15) is 0 Å². The predicted molar refractivity (Wildman–Crippen MR) is 46.6 cm³/mol. The Morgan fingerprint density at radius 2 is 1.91 bits per heavy atom.